The van der Waals surface area contributed by atoms with Gasteiger partial charge in [0.25, 0.3) is 0 Å². The predicted molar refractivity (Wildman–Crippen MR) is 107 cm³/mol. The molecule has 0 atom stereocenters. The minimum absolute atomic E-state index is 0.321. The summed E-state index contributed by atoms with van der Waals surface area (Å²) in [6.07, 6.45) is 1.87. The third-order valence-corrected chi connectivity index (χ3v) is 5.30. The first-order chi connectivity index (χ1) is 12.7. The normalized spacial score (nSPS) is 11.3. The van der Waals surface area contributed by atoms with Crippen molar-refractivity contribution in [2.75, 3.05) is 0 Å². The maximum absolute atomic E-state index is 11.9. The van der Waals surface area contributed by atoms with Gasteiger partial charge in [-0.25, -0.2) is 9.78 Å². The fourth-order valence-electron chi connectivity index (χ4n) is 3.07. The van der Waals surface area contributed by atoms with Crippen LogP contribution >= 0.6 is 11.8 Å². The van der Waals surface area contributed by atoms with Crippen molar-refractivity contribution in [2.45, 2.75) is 24.4 Å². The lowest BCUT2D eigenvalue weighted by molar-refractivity contribution is 0.559. The molecule has 2 heterocycles. The number of aromatic nitrogens is 2. The first-order valence-corrected chi connectivity index (χ1v) is 9.36. The molecule has 0 aliphatic carbocycles. The van der Waals surface area contributed by atoms with Crippen molar-refractivity contribution in [2.24, 2.45) is 0 Å². The van der Waals surface area contributed by atoms with Crippen molar-refractivity contribution >= 4 is 33.8 Å². The van der Waals surface area contributed by atoms with E-state index >= 15 is 0 Å². The number of para-hydroxylation sites is 2. The average Bonchev–Trinajstić information content (AvgIpc) is 2.97. The standard InChI is InChI=1S/C21H18N2O2S/c1-3-10-23-18-7-5-4-6-17(18)22-21(23)26-13-15-12-20(24)25-19-11-14(2)8-9-16(15)19/h3-9,11-12H,1,10,13H2,2H3. The van der Waals surface area contributed by atoms with Gasteiger partial charge in [0.2, 0.25) is 0 Å². The molecule has 130 valence electrons. The zero-order valence-electron chi connectivity index (χ0n) is 14.4. The highest BCUT2D eigenvalue weighted by Crippen LogP contribution is 2.29. The molecule has 4 aromatic rings. The number of rotatable bonds is 5. The summed E-state index contributed by atoms with van der Waals surface area (Å²) in [4.78, 5) is 16.7. The number of hydrogen-bond donors (Lipinski definition) is 0. The van der Waals surface area contributed by atoms with Crippen LogP contribution in [0.1, 0.15) is 11.1 Å². The SMILES string of the molecule is C=CCn1c(SCc2cc(=O)oc3cc(C)ccc23)nc2ccccc21. The Bertz CT molecular complexity index is 1170. The molecule has 0 N–H and O–H groups in total. The minimum Gasteiger partial charge on any atom is -0.423 e. The molecule has 0 bridgehead atoms. The summed E-state index contributed by atoms with van der Waals surface area (Å²) < 4.78 is 7.49. The quantitative estimate of drug-likeness (QED) is 0.287. The highest BCUT2D eigenvalue weighted by molar-refractivity contribution is 7.98. The van der Waals surface area contributed by atoms with Crippen molar-refractivity contribution < 1.29 is 4.42 Å². The van der Waals surface area contributed by atoms with Crippen LogP contribution in [0.25, 0.3) is 22.0 Å². The molecule has 0 saturated carbocycles. The van der Waals surface area contributed by atoms with Gasteiger partial charge in [0.05, 0.1) is 11.0 Å². The largest absolute Gasteiger partial charge is 0.423 e. The van der Waals surface area contributed by atoms with E-state index < -0.39 is 0 Å². The Balaban J connectivity index is 1.73. The van der Waals surface area contributed by atoms with Gasteiger partial charge >= 0.3 is 5.63 Å². The number of hydrogen-bond acceptors (Lipinski definition) is 4. The third kappa shape index (κ3) is 3.06. The molecule has 26 heavy (non-hydrogen) atoms. The first kappa shape index (κ1) is 16.7. The van der Waals surface area contributed by atoms with E-state index in [0.717, 1.165) is 32.7 Å². The van der Waals surface area contributed by atoms with E-state index in [0.29, 0.717) is 17.9 Å². The van der Waals surface area contributed by atoms with Crippen LogP contribution in [0, 0.1) is 6.92 Å². The third-order valence-electron chi connectivity index (χ3n) is 4.27. The van der Waals surface area contributed by atoms with Gasteiger partial charge in [-0.1, -0.05) is 42.1 Å². The lowest BCUT2D eigenvalue weighted by atomic mass is 10.1. The minimum atomic E-state index is -0.321. The number of nitrogens with zero attached hydrogens (tertiary/aromatic N) is 2. The number of thioether (sulfide) groups is 1. The van der Waals surface area contributed by atoms with E-state index in [2.05, 4.69) is 17.2 Å². The summed E-state index contributed by atoms with van der Waals surface area (Å²) in [6.45, 7) is 6.53. The van der Waals surface area contributed by atoms with Crippen LogP contribution in [-0.4, -0.2) is 9.55 Å². The Hall–Kier alpha value is -2.79. The molecule has 5 heteroatoms. The Morgan fingerprint density at radius 2 is 2.08 bits per heavy atom. The lowest BCUT2D eigenvalue weighted by Crippen LogP contribution is -2.01. The molecule has 0 spiro atoms. The zero-order chi connectivity index (χ0) is 18.1. The molecule has 0 unspecified atom stereocenters. The number of allylic oxidation sites excluding steroid dienone is 1. The van der Waals surface area contributed by atoms with Crippen molar-refractivity contribution in [1.29, 1.82) is 0 Å². The second-order valence-electron chi connectivity index (χ2n) is 6.16. The van der Waals surface area contributed by atoms with Crippen LogP contribution in [0.5, 0.6) is 0 Å². The molecule has 0 radical (unpaired) electrons. The molecule has 0 aliphatic rings. The van der Waals surface area contributed by atoms with E-state index in [1.807, 2.05) is 49.4 Å². The molecule has 2 aromatic carbocycles. The summed E-state index contributed by atoms with van der Waals surface area (Å²) in [5.41, 5.74) is 4.38. The first-order valence-electron chi connectivity index (χ1n) is 8.38. The predicted octanol–water partition coefficient (Wildman–Crippen LogP) is 4.93. The van der Waals surface area contributed by atoms with Gasteiger partial charge in [-0.3, -0.25) is 0 Å². The van der Waals surface area contributed by atoms with E-state index in [4.69, 9.17) is 9.40 Å². The molecule has 4 nitrogen and oxygen atoms in total. The second kappa shape index (κ2) is 6.84. The van der Waals surface area contributed by atoms with Crippen molar-refractivity contribution in [3.63, 3.8) is 0 Å². The highest BCUT2D eigenvalue weighted by atomic mass is 32.2. The van der Waals surface area contributed by atoms with E-state index in [9.17, 15) is 4.79 Å². The summed E-state index contributed by atoms with van der Waals surface area (Å²) in [7, 11) is 0. The molecule has 0 aliphatic heterocycles. The Morgan fingerprint density at radius 3 is 2.92 bits per heavy atom. The zero-order valence-corrected chi connectivity index (χ0v) is 15.3. The number of aryl methyl sites for hydroxylation is 1. The highest BCUT2D eigenvalue weighted by Gasteiger charge is 2.12. The van der Waals surface area contributed by atoms with Gasteiger partial charge < -0.3 is 8.98 Å². The molecular weight excluding hydrogens is 344 g/mol. The van der Waals surface area contributed by atoms with Crippen LogP contribution in [0.2, 0.25) is 0 Å². The van der Waals surface area contributed by atoms with Gasteiger partial charge in [-0.15, -0.1) is 6.58 Å². The van der Waals surface area contributed by atoms with Gasteiger partial charge in [-0.2, -0.15) is 0 Å². The van der Waals surface area contributed by atoms with Crippen LogP contribution in [0.4, 0.5) is 0 Å². The van der Waals surface area contributed by atoms with Crippen LogP contribution in [-0.2, 0) is 12.3 Å². The van der Waals surface area contributed by atoms with Gasteiger partial charge in [0, 0.05) is 23.8 Å². The Kier molecular flexibility index (Phi) is 4.39. The van der Waals surface area contributed by atoms with Crippen LogP contribution < -0.4 is 5.63 Å². The topological polar surface area (TPSA) is 48.0 Å². The second-order valence-corrected chi connectivity index (χ2v) is 7.10. The maximum Gasteiger partial charge on any atom is 0.336 e. The smallest absolute Gasteiger partial charge is 0.336 e. The van der Waals surface area contributed by atoms with Crippen LogP contribution in [0.3, 0.4) is 0 Å². The monoisotopic (exact) mass is 362 g/mol. The van der Waals surface area contributed by atoms with Crippen molar-refractivity contribution in [3.05, 3.63) is 82.7 Å². The lowest BCUT2D eigenvalue weighted by Gasteiger charge is -2.08. The molecule has 0 fully saturated rings. The number of benzene rings is 2. The van der Waals surface area contributed by atoms with E-state index in [1.165, 1.54) is 0 Å². The summed E-state index contributed by atoms with van der Waals surface area (Å²) in [5.74, 6) is 0.644. The molecule has 4 rings (SSSR count). The summed E-state index contributed by atoms with van der Waals surface area (Å²) >= 11 is 1.62. The van der Waals surface area contributed by atoms with Gasteiger partial charge in [0.15, 0.2) is 5.16 Å². The fourth-order valence-corrected chi connectivity index (χ4v) is 4.08. The molecule has 0 saturated heterocycles. The van der Waals surface area contributed by atoms with Gasteiger partial charge in [0.1, 0.15) is 5.58 Å². The molecule has 2 aromatic heterocycles. The molecular formula is C21H18N2O2S. The average molecular weight is 362 g/mol. The Labute approximate surface area is 155 Å². The van der Waals surface area contributed by atoms with Crippen molar-refractivity contribution in [1.82, 2.24) is 9.55 Å². The summed E-state index contributed by atoms with van der Waals surface area (Å²) in [6, 6.07) is 15.6. The van der Waals surface area contributed by atoms with Crippen LogP contribution in [0.15, 0.2) is 75.6 Å². The Morgan fingerprint density at radius 1 is 1.23 bits per heavy atom. The summed E-state index contributed by atoms with van der Waals surface area (Å²) in [5, 5.41) is 1.88. The number of fused-ring (bicyclic) bond motifs is 2. The van der Waals surface area contributed by atoms with Gasteiger partial charge in [-0.05, 0) is 36.2 Å². The molecule has 0 amide bonds. The van der Waals surface area contributed by atoms with E-state index in [-0.39, 0.29) is 5.63 Å². The maximum atomic E-state index is 11.9. The fraction of sp³-hybridized carbons (Fsp3) is 0.143. The van der Waals surface area contributed by atoms with E-state index in [1.54, 1.807) is 17.8 Å². The van der Waals surface area contributed by atoms with Crippen molar-refractivity contribution in [3.8, 4) is 0 Å². The number of imidazole rings is 1.